The fraction of sp³-hybridized carbons (Fsp3) is 0.657. The van der Waals surface area contributed by atoms with E-state index in [1.807, 2.05) is 52.5 Å². The highest BCUT2D eigenvalue weighted by Crippen LogP contribution is 2.30. The van der Waals surface area contributed by atoms with Crippen molar-refractivity contribution in [3.05, 3.63) is 53.8 Å². The van der Waals surface area contributed by atoms with Crippen molar-refractivity contribution in [1.82, 2.24) is 25.4 Å². The largest absolute Gasteiger partial charge is 0.460 e. The predicted octanol–water partition coefficient (Wildman–Crippen LogP) is 2.29. The van der Waals surface area contributed by atoms with Crippen LogP contribution in [0.2, 0.25) is 0 Å². The fourth-order valence-corrected chi connectivity index (χ4v) is 8.27. The van der Waals surface area contributed by atoms with Crippen molar-refractivity contribution in [2.75, 3.05) is 45.5 Å². The summed E-state index contributed by atoms with van der Waals surface area (Å²) in [6.45, 7) is 13.3. The van der Waals surface area contributed by atoms with E-state index in [1.54, 1.807) is 25.3 Å². The van der Waals surface area contributed by atoms with Crippen LogP contribution in [0.5, 0.6) is 0 Å². The third-order valence-corrected chi connectivity index (χ3v) is 11.4. The summed E-state index contributed by atoms with van der Waals surface area (Å²) < 4.78 is 39.3. The molecule has 6 atom stereocenters. The third-order valence-electron chi connectivity index (χ3n) is 9.23. The molecule has 2 aliphatic heterocycles. The van der Waals surface area contributed by atoms with E-state index in [9.17, 15) is 27.9 Å². The number of carbonyl (C=O) groups is 3. The molecule has 274 valence electrons. The number of hydrogen-bond acceptors (Lipinski definition) is 11. The number of carbonyl (C=O) groups excluding carboxylic acids is 3. The van der Waals surface area contributed by atoms with Gasteiger partial charge in [-0.05, 0) is 51.9 Å². The molecule has 0 aliphatic carbocycles. The summed E-state index contributed by atoms with van der Waals surface area (Å²) in [4.78, 5) is 48.2. The van der Waals surface area contributed by atoms with E-state index >= 15 is 0 Å². The monoisotopic (exact) mass is 705 g/mol. The predicted molar refractivity (Wildman–Crippen MR) is 187 cm³/mol. The van der Waals surface area contributed by atoms with Gasteiger partial charge in [-0.25, -0.2) is 18.2 Å². The Hall–Kier alpha value is -3.33. The number of nitrogens with one attached hydrogen (secondary N) is 2. The number of sulfone groups is 1. The Labute approximate surface area is 291 Å². The lowest BCUT2D eigenvalue weighted by molar-refractivity contribution is -0.157. The minimum absolute atomic E-state index is 0.0169. The first-order chi connectivity index (χ1) is 23.2. The molecule has 1 aromatic rings. The lowest BCUT2D eigenvalue weighted by Gasteiger charge is -2.31. The van der Waals surface area contributed by atoms with Crippen LogP contribution in [0.25, 0.3) is 0 Å². The second-order valence-electron chi connectivity index (χ2n) is 13.2. The number of oxazole rings is 1. The van der Waals surface area contributed by atoms with Crippen molar-refractivity contribution in [2.24, 2.45) is 11.8 Å². The van der Waals surface area contributed by atoms with Crippen LogP contribution in [-0.2, 0) is 30.6 Å². The number of allylic oxidation sites excluding steroid dienone is 2. The molecule has 1 aromatic heterocycles. The Kier molecular flexibility index (Phi) is 15.2. The highest BCUT2D eigenvalue weighted by molar-refractivity contribution is 7.92. The molecule has 0 radical (unpaired) electrons. The normalized spacial score (nSPS) is 29.2. The lowest BCUT2D eigenvalue weighted by Crippen LogP contribution is -2.50. The van der Waals surface area contributed by atoms with E-state index in [0.717, 1.165) is 5.57 Å². The van der Waals surface area contributed by atoms with Crippen LogP contribution < -0.4 is 10.6 Å². The molecule has 49 heavy (non-hydrogen) atoms. The van der Waals surface area contributed by atoms with Crippen LogP contribution in [-0.4, -0.2) is 121 Å². The second-order valence-corrected chi connectivity index (χ2v) is 15.5. The number of ether oxygens (including phenoxy) is 1. The molecule has 2 bridgehead atoms. The van der Waals surface area contributed by atoms with E-state index in [2.05, 4.69) is 15.6 Å². The molecule has 13 nitrogen and oxygen atoms in total. The number of likely N-dealkylation sites (N-methyl/N-ethyl adjacent to an activating group) is 1. The molecular weight excluding hydrogens is 650 g/mol. The molecule has 3 N–H and O–H groups in total. The summed E-state index contributed by atoms with van der Waals surface area (Å²) in [5.74, 6) is -2.27. The maximum Gasteiger partial charge on any atom is 0.330 e. The molecule has 0 spiro atoms. The fourth-order valence-electron chi connectivity index (χ4n) is 6.34. The van der Waals surface area contributed by atoms with Crippen molar-refractivity contribution in [2.45, 2.75) is 90.3 Å². The summed E-state index contributed by atoms with van der Waals surface area (Å²) in [7, 11) is -2.09. The zero-order valence-electron chi connectivity index (χ0n) is 29.9. The molecule has 0 unspecified atom stereocenters. The van der Waals surface area contributed by atoms with Crippen LogP contribution in [0.3, 0.4) is 0 Å². The number of esters is 1. The lowest BCUT2D eigenvalue weighted by atomic mass is 9.94. The Bertz CT molecular complexity index is 1470. The first-order valence-electron chi connectivity index (χ1n) is 17.3. The average Bonchev–Trinajstić information content (AvgIpc) is 3.72. The summed E-state index contributed by atoms with van der Waals surface area (Å²) >= 11 is 0. The zero-order valence-corrected chi connectivity index (χ0v) is 30.7. The van der Waals surface area contributed by atoms with Crippen LogP contribution in [0.4, 0.5) is 0 Å². The first-order valence-corrected chi connectivity index (χ1v) is 19.0. The van der Waals surface area contributed by atoms with Crippen molar-refractivity contribution < 1.29 is 37.1 Å². The van der Waals surface area contributed by atoms with Gasteiger partial charge in [-0.15, -0.1) is 0 Å². The number of fused-ring (bicyclic) bond motifs is 3. The van der Waals surface area contributed by atoms with Crippen LogP contribution in [0.15, 0.2) is 46.6 Å². The minimum Gasteiger partial charge on any atom is -0.460 e. The van der Waals surface area contributed by atoms with E-state index in [-0.39, 0.29) is 61.1 Å². The molecule has 3 rings (SSSR count). The Balaban J connectivity index is 2.01. The van der Waals surface area contributed by atoms with Gasteiger partial charge in [-0.3, -0.25) is 9.59 Å². The Morgan fingerprint density at radius 1 is 1.18 bits per heavy atom. The SMILES string of the molecule is CCN(CC)CCS(=O)(=O)[C@@H]1CCN2C(=O)c3coc(n3)C[C@H](NC)C[C@H](O)/C=C(C)/C=C/CNC(=O)/C=C/[C@@H](C)[C@@H](C(C)C)OC(=O)[C@@H]12. The smallest absolute Gasteiger partial charge is 0.330 e. The van der Waals surface area contributed by atoms with Crippen molar-refractivity contribution in [1.29, 1.82) is 0 Å². The van der Waals surface area contributed by atoms with E-state index in [4.69, 9.17) is 9.15 Å². The molecule has 14 heteroatoms. The van der Waals surface area contributed by atoms with E-state index < -0.39 is 51.1 Å². The van der Waals surface area contributed by atoms with Gasteiger partial charge >= 0.3 is 5.97 Å². The van der Waals surface area contributed by atoms with Gasteiger partial charge in [0.2, 0.25) is 5.91 Å². The van der Waals surface area contributed by atoms with Crippen LogP contribution in [0.1, 0.15) is 70.8 Å². The molecule has 2 amide bonds. The van der Waals surface area contributed by atoms with Gasteiger partial charge in [0.15, 0.2) is 21.4 Å². The standard InChI is InChI=1S/C35H55N5O8S/c1-8-39(9-2)17-18-49(45,46)29-14-16-40-32(29)35(44)48-33(23(3)4)25(6)12-13-30(42)37-15-10-11-24(5)19-27(41)20-26(36-7)21-31-38-28(22-47-31)34(40)43/h10-13,19,22-23,25-27,29,32-33,36,41H,8-9,14-18,20-21H2,1-7H3,(H,37,42)/b11-10+,13-12+,24-19+/t25-,26-,27-,29-,32-,33-/m1/s1. The number of aliphatic hydroxyl groups is 1. The number of nitrogens with zero attached hydrogens (tertiary/aromatic N) is 3. The number of aliphatic hydroxyl groups excluding tert-OH is 1. The minimum atomic E-state index is -3.84. The van der Waals surface area contributed by atoms with Crippen molar-refractivity contribution >= 4 is 27.6 Å². The number of rotatable bonds is 8. The topological polar surface area (TPSA) is 171 Å². The maximum atomic E-state index is 14.1. The van der Waals surface area contributed by atoms with Crippen molar-refractivity contribution in [3.63, 3.8) is 0 Å². The third kappa shape index (κ3) is 11.3. The summed E-state index contributed by atoms with van der Waals surface area (Å²) in [6.07, 6.45) is 8.73. The Morgan fingerprint density at radius 3 is 2.55 bits per heavy atom. The zero-order chi connectivity index (χ0) is 36.3. The summed E-state index contributed by atoms with van der Waals surface area (Å²) in [5, 5.41) is 15.5. The molecule has 0 aromatic carbocycles. The summed E-state index contributed by atoms with van der Waals surface area (Å²) in [6, 6.07) is -1.64. The Morgan fingerprint density at radius 2 is 1.90 bits per heavy atom. The maximum absolute atomic E-state index is 14.1. The molecule has 1 saturated heterocycles. The highest BCUT2D eigenvalue weighted by atomic mass is 32.2. The molecule has 0 saturated carbocycles. The number of hydrogen-bond donors (Lipinski definition) is 3. The van der Waals surface area contributed by atoms with Gasteiger partial charge in [0.25, 0.3) is 5.91 Å². The van der Waals surface area contributed by atoms with E-state index in [1.165, 1.54) is 17.2 Å². The number of aromatic nitrogens is 1. The molecular formula is C35H55N5O8S. The van der Waals surface area contributed by atoms with Gasteiger partial charge in [0, 0.05) is 38.0 Å². The number of amides is 2. The van der Waals surface area contributed by atoms with Gasteiger partial charge in [0.1, 0.15) is 18.4 Å². The summed E-state index contributed by atoms with van der Waals surface area (Å²) in [5.41, 5.74) is 0.768. The van der Waals surface area contributed by atoms with Gasteiger partial charge in [0.05, 0.1) is 17.1 Å². The number of cyclic esters (lactones) is 1. The van der Waals surface area contributed by atoms with Crippen LogP contribution in [0, 0.1) is 11.8 Å². The highest BCUT2D eigenvalue weighted by Gasteiger charge is 2.50. The van der Waals surface area contributed by atoms with Gasteiger partial charge in [-0.2, -0.15) is 0 Å². The molecule has 2 aliphatic rings. The quantitative estimate of drug-likeness (QED) is 0.339. The average molecular weight is 706 g/mol. The van der Waals surface area contributed by atoms with Gasteiger partial charge < -0.3 is 34.7 Å². The van der Waals surface area contributed by atoms with Crippen molar-refractivity contribution in [3.8, 4) is 0 Å². The molecule has 3 heterocycles. The molecule has 1 fully saturated rings. The van der Waals surface area contributed by atoms with Crippen LogP contribution >= 0.6 is 0 Å². The van der Waals surface area contributed by atoms with Gasteiger partial charge in [-0.1, -0.05) is 64.5 Å². The van der Waals surface area contributed by atoms with E-state index in [0.29, 0.717) is 26.1 Å². The first kappa shape index (κ1) is 40.1. The second kappa shape index (κ2) is 18.6.